The van der Waals surface area contributed by atoms with Gasteiger partial charge in [-0.3, -0.25) is 0 Å². The molecule has 0 fully saturated rings. The Kier molecular flexibility index (Phi) is 3.85. The fourth-order valence-corrected chi connectivity index (χ4v) is 1.56. The Morgan fingerprint density at radius 1 is 1.36 bits per heavy atom. The molecule has 14 heavy (non-hydrogen) atoms. The first kappa shape index (κ1) is 11.4. The first-order chi connectivity index (χ1) is 6.60. The number of rotatable bonds is 3. The second-order valence-corrected chi connectivity index (χ2v) is 3.53. The molecule has 0 N–H and O–H groups in total. The highest BCUT2D eigenvalue weighted by Gasteiger charge is 2.19. The predicted molar refractivity (Wildman–Crippen MR) is 55.0 cm³/mol. The number of nitrogens with zero attached hydrogens (tertiary/aromatic N) is 1. The van der Waals surface area contributed by atoms with Gasteiger partial charge < -0.3 is 9.47 Å². The van der Waals surface area contributed by atoms with Gasteiger partial charge in [-0.1, -0.05) is 0 Å². The lowest BCUT2D eigenvalue weighted by atomic mass is 10.3. The summed E-state index contributed by atoms with van der Waals surface area (Å²) in [7, 11) is 2.71. The number of methoxy groups -OCH3 is 2. The summed E-state index contributed by atoms with van der Waals surface area (Å²) in [5.41, 5.74) is -0.398. The van der Waals surface area contributed by atoms with Crippen molar-refractivity contribution in [2.75, 3.05) is 14.2 Å². The van der Waals surface area contributed by atoms with Crippen LogP contribution < -0.4 is 9.47 Å². The molecule has 0 saturated heterocycles. The molecular formula is C8H8F2INO2. The van der Waals surface area contributed by atoms with E-state index in [1.807, 2.05) is 22.6 Å². The van der Waals surface area contributed by atoms with Crippen molar-refractivity contribution in [3.63, 3.8) is 0 Å². The number of aromatic nitrogens is 1. The van der Waals surface area contributed by atoms with Gasteiger partial charge in [0.15, 0.2) is 5.69 Å². The van der Waals surface area contributed by atoms with Gasteiger partial charge in [0.2, 0.25) is 5.88 Å². The van der Waals surface area contributed by atoms with Gasteiger partial charge in [0.1, 0.15) is 5.75 Å². The molecule has 0 aliphatic heterocycles. The van der Waals surface area contributed by atoms with Gasteiger partial charge >= 0.3 is 0 Å². The molecule has 1 aromatic heterocycles. The van der Waals surface area contributed by atoms with Gasteiger partial charge in [-0.05, 0) is 22.6 Å². The van der Waals surface area contributed by atoms with E-state index in [0.29, 0.717) is 3.57 Å². The minimum Gasteiger partial charge on any atom is -0.495 e. The Morgan fingerprint density at radius 2 is 2.00 bits per heavy atom. The fraction of sp³-hybridized carbons (Fsp3) is 0.375. The van der Waals surface area contributed by atoms with Crippen molar-refractivity contribution >= 4 is 22.6 Å². The summed E-state index contributed by atoms with van der Waals surface area (Å²) in [5.74, 6) is 0.256. The van der Waals surface area contributed by atoms with Crippen LogP contribution in [0.5, 0.6) is 11.6 Å². The van der Waals surface area contributed by atoms with E-state index < -0.39 is 12.1 Å². The highest BCUT2D eigenvalue weighted by Crippen LogP contribution is 2.32. The zero-order valence-electron chi connectivity index (χ0n) is 7.55. The first-order valence-corrected chi connectivity index (χ1v) is 4.74. The van der Waals surface area contributed by atoms with E-state index in [0.717, 1.165) is 0 Å². The number of hydrogen-bond acceptors (Lipinski definition) is 3. The van der Waals surface area contributed by atoms with Gasteiger partial charge in [-0.15, -0.1) is 0 Å². The number of ether oxygens (including phenoxy) is 2. The van der Waals surface area contributed by atoms with E-state index in [1.165, 1.54) is 20.3 Å². The van der Waals surface area contributed by atoms with Crippen molar-refractivity contribution in [3.8, 4) is 11.6 Å². The van der Waals surface area contributed by atoms with Crippen LogP contribution >= 0.6 is 22.6 Å². The zero-order chi connectivity index (χ0) is 10.7. The van der Waals surface area contributed by atoms with Crippen LogP contribution in [0.1, 0.15) is 12.1 Å². The van der Waals surface area contributed by atoms with Crippen LogP contribution in [-0.4, -0.2) is 19.2 Å². The Hall–Kier alpha value is -0.660. The van der Waals surface area contributed by atoms with Crippen LogP contribution in [0.25, 0.3) is 0 Å². The number of pyridine rings is 1. The van der Waals surface area contributed by atoms with Crippen LogP contribution in [0.3, 0.4) is 0 Å². The third kappa shape index (κ3) is 2.23. The molecule has 0 atom stereocenters. The third-order valence-electron chi connectivity index (χ3n) is 1.56. The minimum absolute atomic E-state index is 0.0743. The molecule has 0 saturated carbocycles. The maximum absolute atomic E-state index is 12.5. The molecule has 1 heterocycles. The van der Waals surface area contributed by atoms with Crippen molar-refractivity contribution in [3.05, 3.63) is 15.3 Å². The molecule has 1 rings (SSSR count). The van der Waals surface area contributed by atoms with Crippen LogP contribution in [0.4, 0.5) is 8.78 Å². The predicted octanol–water partition coefficient (Wildman–Crippen LogP) is 2.64. The van der Waals surface area contributed by atoms with Crippen molar-refractivity contribution in [1.82, 2.24) is 4.98 Å². The molecule has 0 radical (unpaired) electrons. The summed E-state index contributed by atoms with van der Waals surface area (Å²) in [6.45, 7) is 0. The second kappa shape index (κ2) is 4.72. The molecule has 0 aliphatic rings. The molecule has 0 aromatic carbocycles. The van der Waals surface area contributed by atoms with E-state index in [2.05, 4.69) is 4.98 Å². The lowest BCUT2D eigenvalue weighted by Gasteiger charge is -2.09. The van der Waals surface area contributed by atoms with Crippen LogP contribution in [0, 0.1) is 3.57 Å². The fourth-order valence-electron chi connectivity index (χ4n) is 0.932. The van der Waals surface area contributed by atoms with Crippen LogP contribution in [-0.2, 0) is 0 Å². The molecule has 1 aromatic rings. The number of hydrogen-bond donors (Lipinski definition) is 0. The number of halogens is 3. The SMILES string of the molecule is COc1cc(I)c(OC)nc1C(F)F. The highest BCUT2D eigenvalue weighted by atomic mass is 127. The molecule has 0 amide bonds. The summed E-state index contributed by atoms with van der Waals surface area (Å²) in [5, 5.41) is 0. The van der Waals surface area contributed by atoms with Crippen molar-refractivity contribution in [1.29, 1.82) is 0 Å². The van der Waals surface area contributed by atoms with E-state index in [1.54, 1.807) is 0 Å². The summed E-state index contributed by atoms with van der Waals surface area (Å²) in [6.07, 6.45) is -2.67. The molecule has 0 unspecified atom stereocenters. The van der Waals surface area contributed by atoms with Gasteiger partial charge in [0.05, 0.1) is 17.8 Å². The Morgan fingerprint density at radius 3 is 2.43 bits per heavy atom. The molecule has 0 spiro atoms. The molecule has 6 heteroatoms. The molecule has 0 aliphatic carbocycles. The number of alkyl halides is 2. The smallest absolute Gasteiger partial charge is 0.284 e. The summed E-state index contributed by atoms with van der Waals surface area (Å²) in [6, 6.07) is 1.47. The second-order valence-electron chi connectivity index (χ2n) is 2.37. The quantitative estimate of drug-likeness (QED) is 0.804. The van der Waals surface area contributed by atoms with Crippen molar-refractivity contribution < 1.29 is 18.3 Å². The maximum atomic E-state index is 12.5. The van der Waals surface area contributed by atoms with Crippen molar-refractivity contribution in [2.45, 2.75) is 6.43 Å². The molecule has 78 valence electrons. The van der Waals surface area contributed by atoms with E-state index in [4.69, 9.17) is 9.47 Å². The van der Waals surface area contributed by atoms with Crippen LogP contribution in [0.2, 0.25) is 0 Å². The zero-order valence-corrected chi connectivity index (χ0v) is 9.71. The standard InChI is InChI=1S/C8H8F2INO2/c1-13-5-3-4(11)8(14-2)12-6(5)7(9)10/h3,7H,1-2H3. The topological polar surface area (TPSA) is 31.4 Å². The van der Waals surface area contributed by atoms with Crippen molar-refractivity contribution in [2.24, 2.45) is 0 Å². The van der Waals surface area contributed by atoms with Gasteiger partial charge in [0.25, 0.3) is 6.43 Å². The average Bonchev–Trinajstić information content (AvgIpc) is 2.16. The Bertz CT molecular complexity index is 333. The Labute approximate surface area is 93.6 Å². The average molecular weight is 315 g/mol. The van der Waals surface area contributed by atoms with E-state index in [9.17, 15) is 8.78 Å². The molecule has 0 bridgehead atoms. The van der Waals surface area contributed by atoms with Gasteiger partial charge in [-0.2, -0.15) is 0 Å². The monoisotopic (exact) mass is 315 g/mol. The first-order valence-electron chi connectivity index (χ1n) is 3.66. The Balaban J connectivity index is 3.25. The normalized spacial score (nSPS) is 10.4. The lowest BCUT2D eigenvalue weighted by Crippen LogP contribution is -2.00. The van der Waals surface area contributed by atoms with Gasteiger partial charge in [-0.25, -0.2) is 13.8 Å². The molecular weight excluding hydrogens is 307 g/mol. The third-order valence-corrected chi connectivity index (χ3v) is 2.33. The van der Waals surface area contributed by atoms with Gasteiger partial charge in [0, 0.05) is 6.07 Å². The summed E-state index contributed by atoms with van der Waals surface area (Å²) >= 11 is 1.94. The van der Waals surface area contributed by atoms with Crippen LogP contribution in [0.15, 0.2) is 6.07 Å². The summed E-state index contributed by atoms with van der Waals surface area (Å²) in [4.78, 5) is 3.66. The summed E-state index contributed by atoms with van der Waals surface area (Å²) < 4.78 is 35.2. The largest absolute Gasteiger partial charge is 0.495 e. The lowest BCUT2D eigenvalue weighted by molar-refractivity contribution is 0.140. The highest BCUT2D eigenvalue weighted by molar-refractivity contribution is 14.1. The maximum Gasteiger partial charge on any atom is 0.284 e. The molecule has 3 nitrogen and oxygen atoms in total. The van der Waals surface area contributed by atoms with E-state index in [-0.39, 0.29) is 11.6 Å². The van der Waals surface area contributed by atoms with E-state index >= 15 is 0 Å². The minimum atomic E-state index is -2.67.